The van der Waals surface area contributed by atoms with Crippen LogP contribution in [0.15, 0.2) is 0 Å². The largest absolute Gasteiger partial charge is 0.458 e. The van der Waals surface area contributed by atoms with Crippen molar-refractivity contribution in [2.24, 2.45) is 0 Å². The summed E-state index contributed by atoms with van der Waals surface area (Å²) < 4.78 is 140. The maximum atomic E-state index is 13.0. The molecule has 3 nitrogen and oxygen atoms in total. The minimum absolute atomic E-state index is 0. The van der Waals surface area contributed by atoms with Crippen LogP contribution in [0.25, 0.3) is 0 Å². The molecule has 3 atom stereocenters. The molecule has 21 heavy (non-hydrogen) atoms. The molecule has 0 saturated carbocycles. The van der Waals surface area contributed by atoms with Gasteiger partial charge in [-0.25, -0.2) is 0 Å². The molecule has 1 aliphatic rings. The minimum atomic E-state index is -6.86. The Hall–Kier alpha value is 0.746. The fourth-order valence-electron chi connectivity index (χ4n) is 1.07. The molecule has 3 unspecified atom stereocenters. The number of hydrogen-bond acceptors (Lipinski definition) is 3. The Labute approximate surface area is 149 Å². The Morgan fingerprint density at radius 1 is 0.667 bits per heavy atom. The van der Waals surface area contributed by atoms with E-state index in [2.05, 4.69) is 0 Å². The van der Waals surface area contributed by atoms with E-state index in [-0.39, 0.29) is 51.4 Å². The summed E-state index contributed by atoms with van der Waals surface area (Å²) in [6.07, 6.45) is -20.3. The second kappa shape index (κ2) is 5.39. The van der Waals surface area contributed by atoms with E-state index in [0.717, 1.165) is 0 Å². The molecule has 0 aromatic carbocycles. The van der Waals surface area contributed by atoms with Gasteiger partial charge in [0.1, 0.15) is 0 Å². The molecule has 15 heteroatoms. The summed E-state index contributed by atoms with van der Waals surface area (Å²) in [5.41, 5.74) is 0. The van der Waals surface area contributed by atoms with Gasteiger partial charge in [-0.05, 0) is 0 Å². The van der Waals surface area contributed by atoms with Gasteiger partial charge >= 0.3 is 36.2 Å². The Bertz CT molecular complexity index is 368. The zero-order chi connectivity index (χ0) is 16.4. The normalized spacial score (nSPS) is 40.6. The van der Waals surface area contributed by atoms with Crippen molar-refractivity contribution in [2.75, 3.05) is 0 Å². The molecule has 1 N–H and O–H groups in total. The van der Waals surface area contributed by atoms with E-state index >= 15 is 0 Å². The van der Waals surface area contributed by atoms with Crippen LogP contribution in [0.5, 0.6) is 0 Å². The van der Waals surface area contributed by atoms with E-state index < -0.39 is 36.2 Å². The van der Waals surface area contributed by atoms with Gasteiger partial charge < -0.3 is 5.11 Å². The van der Waals surface area contributed by atoms with E-state index in [1.165, 1.54) is 0 Å². The van der Waals surface area contributed by atoms with Crippen molar-refractivity contribution in [1.82, 2.24) is 0 Å². The summed E-state index contributed by atoms with van der Waals surface area (Å²) in [5, 5.41) is 8.18. The molecule has 1 rings (SSSR count). The second-order valence-corrected chi connectivity index (χ2v) is 3.47. The molecule has 1 radical (unpaired) electrons. The molecule has 0 amide bonds. The summed E-state index contributed by atoms with van der Waals surface area (Å²) >= 11 is 0. The van der Waals surface area contributed by atoms with Crippen LogP contribution in [0, 0.1) is 0 Å². The molecule has 121 valence electrons. The van der Waals surface area contributed by atoms with Crippen LogP contribution in [-0.4, -0.2) is 92.7 Å². The van der Waals surface area contributed by atoms with Crippen LogP contribution in [-0.2, 0) is 9.47 Å². The predicted molar refractivity (Wildman–Crippen MR) is 38.7 cm³/mol. The third-order valence-electron chi connectivity index (χ3n) is 2.04. The topological polar surface area (TPSA) is 38.7 Å². The summed E-state index contributed by atoms with van der Waals surface area (Å²) in [6.45, 7) is 0. The molecular weight excluding hydrogens is 368 g/mol. The summed E-state index contributed by atoms with van der Waals surface area (Å²) in [6, 6.07) is -6.22. The number of hydrogen-bond donors (Lipinski definition) is 1. The van der Waals surface area contributed by atoms with Crippen molar-refractivity contribution in [3.63, 3.8) is 0 Å². The van der Waals surface area contributed by atoms with Gasteiger partial charge in [0.25, 0.3) is 0 Å². The fraction of sp³-hybridized carbons (Fsp3) is 1.00. The molecule has 1 fully saturated rings. The first kappa shape index (κ1) is 21.7. The Morgan fingerprint density at radius 3 is 1.29 bits per heavy atom. The number of ether oxygens (including phenoxy) is 2. The standard InChI is InChI=1S/C6HF11O3.K/c7-1(3(9,10)11)5(15,16)19-2(8,4(12,13)14)6(17,18)20-1;/h18H;. The number of aliphatic hydroxyl groups is 1. The third-order valence-corrected chi connectivity index (χ3v) is 2.04. The van der Waals surface area contributed by atoms with Gasteiger partial charge in [0.2, 0.25) is 0 Å². The van der Waals surface area contributed by atoms with Gasteiger partial charge in [-0.3, -0.25) is 9.47 Å². The second-order valence-electron chi connectivity index (χ2n) is 3.47. The summed E-state index contributed by atoms with van der Waals surface area (Å²) in [5.74, 6) is -13.0. The summed E-state index contributed by atoms with van der Waals surface area (Å²) in [7, 11) is 0. The first-order valence-electron chi connectivity index (χ1n) is 4.12. The van der Waals surface area contributed by atoms with Gasteiger partial charge in [-0.15, -0.1) is 0 Å². The third kappa shape index (κ3) is 3.07. The van der Waals surface area contributed by atoms with Gasteiger partial charge in [0.05, 0.1) is 0 Å². The van der Waals surface area contributed by atoms with E-state index in [9.17, 15) is 48.3 Å². The number of rotatable bonds is 0. The van der Waals surface area contributed by atoms with Crippen molar-refractivity contribution in [1.29, 1.82) is 0 Å². The Morgan fingerprint density at radius 2 is 1.00 bits per heavy atom. The molecule has 1 aliphatic heterocycles. The SMILES string of the molecule is OC1(F)OC(F)(C(F)(F)F)C(F)(F)OC1(F)C(F)(F)F.[K]. The Balaban J connectivity index is 0.00000400. The average Bonchev–Trinajstić information content (AvgIpc) is 2.09. The maximum absolute atomic E-state index is 13.0. The van der Waals surface area contributed by atoms with E-state index in [1.54, 1.807) is 0 Å². The molecular formula is C6HF11KO3. The maximum Gasteiger partial charge on any atom is 0.458 e. The molecule has 0 aliphatic carbocycles. The van der Waals surface area contributed by atoms with Crippen molar-refractivity contribution in [3.05, 3.63) is 0 Å². The first-order chi connectivity index (χ1) is 8.41. The molecule has 0 aromatic rings. The van der Waals surface area contributed by atoms with Crippen molar-refractivity contribution in [3.8, 4) is 0 Å². The van der Waals surface area contributed by atoms with Crippen molar-refractivity contribution >= 4 is 51.4 Å². The molecule has 0 spiro atoms. The zero-order valence-corrected chi connectivity index (χ0v) is 12.5. The molecule has 1 heterocycles. The first-order valence-corrected chi connectivity index (χ1v) is 4.12. The van der Waals surface area contributed by atoms with Crippen LogP contribution in [0.2, 0.25) is 0 Å². The van der Waals surface area contributed by atoms with Gasteiger partial charge in [-0.2, -0.15) is 48.3 Å². The number of halogens is 11. The van der Waals surface area contributed by atoms with Crippen LogP contribution >= 0.6 is 0 Å². The molecule has 1 saturated heterocycles. The van der Waals surface area contributed by atoms with Crippen molar-refractivity contribution in [2.45, 2.75) is 36.2 Å². The molecule has 0 aromatic heterocycles. The minimum Gasteiger partial charge on any atom is -0.335 e. The van der Waals surface area contributed by atoms with Gasteiger partial charge in [0, 0.05) is 51.4 Å². The van der Waals surface area contributed by atoms with Crippen LogP contribution < -0.4 is 0 Å². The van der Waals surface area contributed by atoms with Crippen molar-refractivity contribution < 1.29 is 62.9 Å². The predicted octanol–water partition coefficient (Wildman–Crippen LogP) is 2.32. The van der Waals surface area contributed by atoms with E-state index in [0.29, 0.717) is 0 Å². The van der Waals surface area contributed by atoms with Crippen LogP contribution in [0.3, 0.4) is 0 Å². The quantitative estimate of drug-likeness (QED) is 0.526. The number of alkyl halides is 11. The fourth-order valence-corrected chi connectivity index (χ4v) is 1.07. The monoisotopic (exact) mass is 369 g/mol. The summed E-state index contributed by atoms with van der Waals surface area (Å²) in [4.78, 5) is 0. The van der Waals surface area contributed by atoms with Gasteiger partial charge in [-0.1, -0.05) is 0 Å². The zero-order valence-electron chi connectivity index (χ0n) is 9.42. The average molecular weight is 369 g/mol. The van der Waals surface area contributed by atoms with Gasteiger partial charge in [0.15, 0.2) is 0 Å². The van der Waals surface area contributed by atoms with E-state index in [4.69, 9.17) is 5.11 Å². The Kier molecular flexibility index (Phi) is 5.58. The van der Waals surface area contributed by atoms with Crippen LogP contribution in [0.4, 0.5) is 48.3 Å². The smallest absolute Gasteiger partial charge is 0.335 e. The van der Waals surface area contributed by atoms with E-state index in [1.807, 2.05) is 9.47 Å². The molecule has 0 bridgehead atoms. The van der Waals surface area contributed by atoms with Crippen LogP contribution in [0.1, 0.15) is 0 Å².